The normalized spacial score (nSPS) is 49.8. The molecule has 0 aromatic heterocycles. The molecule has 1 fully saturated rings. The van der Waals surface area contributed by atoms with Gasteiger partial charge in [0.05, 0.1) is 6.04 Å². The molecule has 1 heteroatoms. The minimum Gasteiger partial charge on any atom is -0.384 e. The molecule has 1 heterocycles. The zero-order valence-corrected chi connectivity index (χ0v) is 5.31. The van der Waals surface area contributed by atoms with Crippen molar-refractivity contribution in [3.8, 4) is 0 Å². The van der Waals surface area contributed by atoms with Crippen molar-refractivity contribution in [3.05, 3.63) is 11.8 Å². The Morgan fingerprint density at radius 1 is 1.50 bits per heavy atom. The van der Waals surface area contributed by atoms with Crippen LogP contribution in [0.3, 0.4) is 0 Å². The molecular formula is C7H11N. The van der Waals surface area contributed by atoms with Gasteiger partial charge in [0, 0.05) is 0 Å². The van der Waals surface area contributed by atoms with Crippen LogP contribution >= 0.6 is 0 Å². The Bertz CT molecular complexity index is 148. The number of rotatable bonds is 0. The van der Waals surface area contributed by atoms with Crippen molar-refractivity contribution in [1.29, 1.82) is 0 Å². The summed E-state index contributed by atoms with van der Waals surface area (Å²) in [5.74, 6) is 1.75. The lowest BCUT2D eigenvalue weighted by Gasteiger charge is -2.50. The standard InChI is InChI=1S/C7H11N/c1-4-5(2)7-6(4)3-8-7/h3-5,7-8H,1-2H3/t4-,5+,7?/m1/s1. The van der Waals surface area contributed by atoms with Crippen molar-refractivity contribution in [2.24, 2.45) is 11.8 Å². The highest BCUT2D eigenvalue weighted by atomic mass is 15.0. The first kappa shape index (κ1) is 4.42. The number of fused-ring (bicyclic) bond motifs is 1. The summed E-state index contributed by atoms with van der Waals surface area (Å²) in [6.07, 6.45) is 2.15. The second-order valence-corrected chi connectivity index (χ2v) is 2.94. The Morgan fingerprint density at radius 3 is 2.38 bits per heavy atom. The highest BCUT2D eigenvalue weighted by molar-refractivity contribution is 5.33. The molecule has 1 nitrogen and oxygen atoms in total. The first-order chi connectivity index (χ1) is 3.80. The lowest BCUT2D eigenvalue weighted by molar-refractivity contribution is 0.215. The van der Waals surface area contributed by atoms with Gasteiger partial charge in [0.15, 0.2) is 0 Å². The van der Waals surface area contributed by atoms with Crippen molar-refractivity contribution in [1.82, 2.24) is 5.32 Å². The Hall–Kier alpha value is -0.460. The molecule has 3 atom stereocenters. The average Bonchev–Trinajstić information content (AvgIpc) is 1.64. The van der Waals surface area contributed by atoms with Gasteiger partial charge in [-0.05, 0) is 23.6 Å². The van der Waals surface area contributed by atoms with Crippen molar-refractivity contribution < 1.29 is 0 Å². The molecule has 2 rings (SSSR count). The van der Waals surface area contributed by atoms with Crippen molar-refractivity contribution in [2.75, 3.05) is 0 Å². The molecule has 1 N–H and O–H groups in total. The van der Waals surface area contributed by atoms with Crippen LogP contribution in [-0.2, 0) is 0 Å². The molecule has 1 saturated carbocycles. The fourth-order valence-electron chi connectivity index (χ4n) is 1.62. The maximum Gasteiger partial charge on any atom is 0.0519 e. The van der Waals surface area contributed by atoms with Gasteiger partial charge in [0.2, 0.25) is 0 Å². The molecule has 1 aliphatic heterocycles. The predicted molar refractivity (Wildman–Crippen MR) is 33.3 cm³/mol. The molecule has 8 heavy (non-hydrogen) atoms. The molecule has 0 aromatic rings. The van der Waals surface area contributed by atoms with Crippen molar-refractivity contribution in [2.45, 2.75) is 19.9 Å². The predicted octanol–water partition coefficient (Wildman–Crippen LogP) is 1.13. The third kappa shape index (κ3) is 0.271. The van der Waals surface area contributed by atoms with Crippen LogP contribution in [-0.4, -0.2) is 6.04 Å². The van der Waals surface area contributed by atoms with Crippen molar-refractivity contribution >= 4 is 0 Å². The summed E-state index contributed by atoms with van der Waals surface area (Å²) in [5, 5.41) is 3.26. The summed E-state index contributed by atoms with van der Waals surface area (Å²) in [5.41, 5.74) is 1.64. The molecule has 0 bridgehead atoms. The smallest absolute Gasteiger partial charge is 0.0519 e. The van der Waals surface area contributed by atoms with E-state index in [1.165, 1.54) is 0 Å². The van der Waals surface area contributed by atoms with Crippen LogP contribution in [0.25, 0.3) is 0 Å². The second-order valence-electron chi connectivity index (χ2n) is 2.94. The third-order valence-electron chi connectivity index (χ3n) is 2.63. The van der Waals surface area contributed by atoms with E-state index in [0.29, 0.717) is 0 Å². The second kappa shape index (κ2) is 1.09. The zero-order chi connectivity index (χ0) is 5.72. The molecule has 0 amide bonds. The monoisotopic (exact) mass is 109 g/mol. The fourth-order valence-corrected chi connectivity index (χ4v) is 1.62. The highest BCUT2D eigenvalue weighted by Gasteiger charge is 2.43. The summed E-state index contributed by atoms with van der Waals surface area (Å²) in [6.45, 7) is 4.60. The average molecular weight is 109 g/mol. The zero-order valence-electron chi connectivity index (χ0n) is 5.31. The van der Waals surface area contributed by atoms with Crippen LogP contribution in [0.4, 0.5) is 0 Å². The van der Waals surface area contributed by atoms with E-state index >= 15 is 0 Å². The maximum absolute atomic E-state index is 3.26. The van der Waals surface area contributed by atoms with Gasteiger partial charge in [0.1, 0.15) is 0 Å². The van der Waals surface area contributed by atoms with Crippen LogP contribution in [0.15, 0.2) is 11.8 Å². The molecule has 1 aliphatic carbocycles. The van der Waals surface area contributed by atoms with Gasteiger partial charge < -0.3 is 5.32 Å². The van der Waals surface area contributed by atoms with E-state index in [1.54, 1.807) is 5.57 Å². The van der Waals surface area contributed by atoms with Gasteiger partial charge >= 0.3 is 0 Å². The Balaban J connectivity index is 2.20. The SMILES string of the molecule is C[C@@H]1C2NC=C2[C@@H]1C. The van der Waals surface area contributed by atoms with Crippen LogP contribution in [0.2, 0.25) is 0 Å². The van der Waals surface area contributed by atoms with Gasteiger partial charge in [-0.3, -0.25) is 0 Å². The first-order valence-corrected chi connectivity index (χ1v) is 3.26. The molecule has 0 spiro atoms. The minimum atomic E-state index is 0.769. The molecule has 44 valence electrons. The Morgan fingerprint density at radius 2 is 2.25 bits per heavy atom. The summed E-state index contributed by atoms with van der Waals surface area (Å²) in [6, 6.07) is 0.769. The number of nitrogens with one attached hydrogen (secondary N) is 1. The summed E-state index contributed by atoms with van der Waals surface area (Å²) in [7, 11) is 0. The van der Waals surface area contributed by atoms with E-state index in [2.05, 4.69) is 25.4 Å². The highest BCUT2D eigenvalue weighted by Crippen LogP contribution is 2.43. The van der Waals surface area contributed by atoms with E-state index in [4.69, 9.17) is 0 Å². The molecule has 2 aliphatic rings. The number of hydrogen-bond donors (Lipinski definition) is 1. The molecule has 1 unspecified atom stereocenters. The van der Waals surface area contributed by atoms with Crippen LogP contribution < -0.4 is 5.32 Å². The molecule has 0 radical (unpaired) electrons. The van der Waals surface area contributed by atoms with Gasteiger partial charge in [-0.1, -0.05) is 13.8 Å². The minimum absolute atomic E-state index is 0.769. The van der Waals surface area contributed by atoms with E-state index < -0.39 is 0 Å². The summed E-state index contributed by atoms with van der Waals surface area (Å²) in [4.78, 5) is 0. The van der Waals surface area contributed by atoms with Crippen LogP contribution in [0, 0.1) is 11.8 Å². The van der Waals surface area contributed by atoms with Gasteiger partial charge in [-0.15, -0.1) is 0 Å². The van der Waals surface area contributed by atoms with E-state index in [1.807, 2.05) is 0 Å². The third-order valence-corrected chi connectivity index (χ3v) is 2.63. The quantitative estimate of drug-likeness (QED) is 0.491. The fraction of sp³-hybridized carbons (Fsp3) is 0.714. The van der Waals surface area contributed by atoms with Crippen LogP contribution in [0.5, 0.6) is 0 Å². The number of hydrogen-bond acceptors (Lipinski definition) is 1. The lowest BCUT2D eigenvalue weighted by Crippen LogP contribution is -2.55. The first-order valence-electron chi connectivity index (χ1n) is 3.26. The van der Waals surface area contributed by atoms with E-state index in [0.717, 1.165) is 17.9 Å². The van der Waals surface area contributed by atoms with Gasteiger partial charge in [-0.25, -0.2) is 0 Å². The Kier molecular flexibility index (Phi) is 0.605. The summed E-state index contributed by atoms with van der Waals surface area (Å²) >= 11 is 0. The summed E-state index contributed by atoms with van der Waals surface area (Å²) < 4.78 is 0. The topological polar surface area (TPSA) is 12.0 Å². The van der Waals surface area contributed by atoms with Crippen molar-refractivity contribution in [3.63, 3.8) is 0 Å². The lowest BCUT2D eigenvalue weighted by atomic mass is 9.64. The molecule has 0 aromatic carbocycles. The molecular weight excluding hydrogens is 98.1 g/mol. The maximum atomic E-state index is 3.26. The largest absolute Gasteiger partial charge is 0.384 e. The van der Waals surface area contributed by atoms with Gasteiger partial charge in [0.25, 0.3) is 0 Å². The van der Waals surface area contributed by atoms with E-state index in [-0.39, 0.29) is 0 Å². The van der Waals surface area contributed by atoms with Gasteiger partial charge in [-0.2, -0.15) is 0 Å². The van der Waals surface area contributed by atoms with E-state index in [9.17, 15) is 0 Å². The van der Waals surface area contributed by atoms with Crippen LogP contribution in [0.1, 0.15) is 13.8 Å². The Labute approximate surface area is 49.8 Å². The molecule has 0 saturated heterocycles.